The molecule has 0 bridgehead atoms. The summed E-state index contributed by atoms with van der Waals surface area (Å²) in [6, 6.07) is 75.6. The molecule has 66 heavy (non-hydrogen) atoms. The summed E-state index contributed by atoms with van der Waals surface area (Å²) >= 11 is 0. The minimum atomic E-state index is 1.11. The van der Waals surface area contributed by atoms with Crippen LogP contribution < -0.4 is 9.80 Å². The number of rotatable bonds is 10. The highest BCUT2D eigenvalue weighted by atomic mass is 15.1. The maximum absolute atomic E-state index is 2.38. The predicted molar refractivity (Wildman–Crippen MR) is 287 cm³/mol. The predicted octanol–water partition coefficient (Wildman–Crippen LogP) is 18.3. The van der Waals surface area contributed by atoms with Crippen molar-refractivity contribution in [1.82, 2.24) is 0 Å². The van der Waals surface area contributed by atoms with Crippen LogP contribution in [-0.4, -0.2) is 0 Å². The zero-order chi connectivity index (χ0) is 44.7. The third kappa shape index (κ3) is 7.67. The second-order valence-electron chi connectivity index (χ2n) is 17.7. The zero-order valence-electron chi connectivity index (χ0n) is 37.8. The molecule has 11 aromatic carbocycles. The molecule has 0 aliphatic heterocycles. The molecule has 11 aromatic rings. The topological polar surface area (TPSA) is 6.48 Å². The number of nitrogens with zero attached hydrogens (tertiary/aromatic N) is 2. The molecule has 316 valence electrons. The Labute approximate surface area is 388 Å². The van der Waals surface area contributed by atoms with E-state index in [0.29, 0.717) is 0 Å². The average molecular weight is 847 g/mol. The van der Waals surface area contributed by atoms with Crippen LogP contribution in [0.3, 0.4) is 0 Å². The van der Waals surface area contributed by atoms with Crippen molar-refractivity contribution in [2.24, 2.45) is 0 Å². The van der Waals surface area contributed by atoms with Crippen LogP contribution in [0, 0.1) is 27.7 Å². The van der Waals surface area contributed by atoms with Crippen molar-refractivity contribution in [1.29, 1.82) is 0 Å². The molecule has 0 heterocycles. The monoisotopic (exact) mass is 846 g/mol. The fourth-order valence-electron chi connectivity index (χ4n) is 9.59. The molecule has 2 nitrogen and oxygen atoms in total. The molecular weight excluding hydrogens is 797 g/mol. The molecule has 0 saturated carbocycles. The van der Waals surface area contributed by atoms with Crippen LogP contribution >= 0.6 is 0 Å². The number of hydrogen-bond donors (Lipinski definition) is 0. The van der Waals surface area contributed by atoms with E-state index in [-0.39, 0.29) is 0 Å². The molecule has 2 heteroatoms. The normalized spacial score (nSPS) is 11.8. The Balaban J connectivity index is 1.01. The Bertz CT molecular complexity index is 3470. The first-order valence-electron chi connectivity index (χ1n) is 22.9. The highest BCUT2D eigenvalue weighted by Gasteiger charge is 2.18. The minimum Gasteiger partial charge on any atom is -0.311 e. The number of aryl methyl sites for hydroxylation is 4. The summed E-state index contributed by atoms with van der Waals surface area (Å²) in [5.41, 5.74) is 16.4. The van der Waals surface area contributed by atoms with Crippen molar-refractivity contribution in [3.8, 4) is 0 Å². The minimum absolute atomic E-state index is 1.11. The maximum atomic E-state index is 2.38. The first-order chi connectivity index (χ1) is 32.3. The lowest BCUT2D eigenvalue weighted by molar-refractivity contribution is 1.27. The van der Waals surface area contributed by atoms with E-state index in [0.717, 1.165) is 45.3 Å². The van der Waals surface area contributed by atoms with Crippen LogP contribution in [0.2, 0.25) is 0 Å². The van der Waals surface area contributed by atoms with Crippen molar-refractivity contribution in [2.75, 3.05) is 9.80 Å². The van der Waals surface area contributed by atoms with Gasteiger partial charge in [0, 0.05) is 34.1 Å². The van der Waals surface area contributed by atoms with Crippen molar-refractivity contribution >= 4 is 102 Å². The number of benzene rings is 11. The summed E-state index contributed by atoms with van der Waals surface area (Å²) in [5.74, 6) is 0. The molecule has 0 aromatic heterocycles. The van der Waals surface area contributed by atoms with Crippen LogP contribution in [0.5, 0.6) is 0 Å². The van der Waals surface area contributed by atoms with Crippen molar-refractivity contribution in [3.63, 3.8) is 0 Å². The number of fused-ring (bicyclic) bond motifs is 2. The Morgan fingerprint density at radius 2 is 0.636 bits per heavy atom. The first kappa shape index (κ1) is 40.6. The second kappa shape index (κ2) is 17.1. The number of hydrogen-bond acceptors (Lipinski definition) is 2. The van der Waals surface area contributed by atoms with Gasteiger partial charge in [-0.2, -0.15) is 0 Å². The number of anilines is 6. The van der Waals surface area contributed by atoms with E-state index in [2.05, 4.69) is 268 Å². The second-order valence-corrected chi connectivity index (χ2v) is 17.7. The summed E-state index contributed by atoms with van der Waals surface area (Å²) in [6.45, 7) is 8.54. The van der Waals surface area contributed by atoms with Crippen molar-refractivity contribution in [2.45, 2.75) is 27.7 Å². The van der Waals surface area contributed by atoms with Gasteiger partial charge in [0.1, 0.15) is 0 Å². The summed E-state index contributed by atoms with van der Waals surface area (Å²) in [5, 5.41) is 10.3. The van der Waals surface area contributed by atoms with Crippen LogP contribution in [0.25, 0.3) is 67.4 Å². The summed E-state index contributed by atoms with van der Waals surface area (Å²) in [4.78, 5) is 4.66. The van der Waals surface area contributed by atoms with Gasteiger partial charge in [-0.3, -0.25) is 0 Å². The molecule has 0 N–H and O–H groups in total. The molecule has 0 fully saturated rings. The van der Waals surface area contributed by atoms with E-state index in [4.69, 9.17) is 0 Å². The molecule has 0 amide bonds. The van der Waals surface area contributed by atoms with Crippen LogP contribution in [-0.2, 0) is 0 Å². The van der Waals surface area contributed by atoms with Gasteiger partial charge in [-0.15, -0.1) is 0 Å². The molecule has 0 radical (unpaired) electrons. The molecule has 0 saturated heterocycles. The Hall–Kier alpha value is -8.20. The lowest BCUT2D eigenvalue weighted by Crippen LogP contribution is -2.09. The van der Waals surface area contributed by atoms with E-state index >= 15 is 0 Å². The zero-order valence-corrected chi connectivity index (χ0v) is 37.8. The van der Waals surface area contributed by atoms with Gasteiger partial charge in [-0.05, 0) is 172 Å². The molecule has 0 unspecified atom stereocenters. The quantitative estimate of drug-likeness (QED) is 0.0769. The Kier molecular flexibility index (Phi) is 10.5. The first-order valence-corrected chi connectivity index (χ1v) is 22.9. The van der Waals surface area contributed by atoms with Crippen LogP contribution in [0.4, 0.5) is 34.1 Å². The van der Waals surface area contributed by atoms with E-state index < -0.39 is 0 Å². The third-order valence-corrected chi connectivity index (χ3v) is 13.1. The highest BCUT2D eigenvalue weighted by Crippen LogP contribution is 2.44. The smallest absolute Gasteiger partial charge is 0.0462 e. The lowest BCUT2D eigenvalue weighted by atomic mass is 9.85. The summed E-state index contributed by atoms with van der Waals surface area (Å²) < 4.78 is 0. The van der Waals surface area contributed by atoms with Gasteiger partial charge in [0.25, 0.3) is 0 Å². The maximum Gasteiger partial charge on any atom is 0.0462 e. The SMILES string of the molecule is Cc1ccc(N(c2ccc(C)cc2)c2ccc(/C=C/c3cc4cccc5c6cccc7cccc(c(c3/C=C/c3ccc(N(c8ccc(C)cc8)c8ccc(C)cc8)cc3)c45)c76)cc2)cc1. The van der Waals surface area contributed by atoms with Gasteiger partial charge < -0.3 is 9.80 Å². The highest BCUT2D eigenvalue weighted by molar-refractivity contribution is 6.34. The molecule has 11 rings (SSSR count). The molecule has 0 spiro atoms. The van der Waals surface area contributed by atoms with Crippen LogP contribution in [0.1, 0.15) is 44.5 Å². The molecule has 0 atom stereocenters. The fraction of sp³-hybridized carbons (Fsp3) is 0.0625. The van der Waals surface area contributed by atoms with Gasteiger partial charge in [0.15, 0.2) is 0 Å². The van der Waals surface area contributed by atoms with Crippen LogP contribution in [0.15, 0.2) is 206 Å². The van der Waals surface area contributed by atoms with E-state index in [9.17, 15) is 0 Å². The Morgan fingerprint density at radius 1 is 0.288 bits per heavy atom. The van der Waals surface area contributed by atoms with Gasteiger partial charge in [0.05, 0.1) is 0 Å². The van der Waals surface area contributed by atoms with Gasteiger partial charge >= 0.3 is 0 Å². The van der Waals surface area contributed by atoms with E-state index in [1.807, 2.05) is 0 Å². The molecular formula is C64H50N2. The molecule has 0 aliphatic rings. The third-order valence-electron chi connectivity index (χ3n) is 13.1. The van der Waals surface area contributed by atoms with Crippen molar-refractivity contribution < 1.29 is 0 Å². The van der Waals surface area contributed by atoms with E-state index in [1.165, 1.54) is 76.5 Å². The van der Waals surface area contributed by atoms with Gasteiger partial charge in [-0.25, -0.2) is 0 Å². The molecule has 0 aliphatic carbocycles. The van der Waals surface area contributed by atoms with E-state index in [1.54, 1.807) is 0 Å². The lowest BCUT2D eigenvalue weighted by Gasteiger charge is -2.26. The standard InChI is InChI=1S/C64H50N2/c1-43-14-29-52(30-15-43)65(53-31-16-44(2)17-32-53)56-37-23-47(24-38-56)22-28-50-42-51-10-7-12-60-59-11-5-8-49-9-6-13-61(62(49)59)64(63(51)60)58(50)41-27-48-25-39-57(40-26-48)66(54-33-18-45(3)19-34-54)55-35-20-46(4)21-36-55/h5-42H,1-4H3/b28-22+,41-27+. The van der Waals surface area contributed by atoms with Gasteiger partial charge in [0.2, 0.25) is 0 Å². The fourth-order valence-corrected chi connectivity index (χ4v) is 9.59. The summed E-state index contributed by atoms with van der Waals surface area (Å²) in [7, 11) is 0. The average Bonchev–Trinajstić information content (AvgIpc) is 3.35. The van der Waals surface area contributed by atoms with Crippen molar-refractivity contribution in [3.05, 3.63) is 251 Å². The summed E-state index contributed by atoms with van der Waals surface area (Å²) in [6.07, 6.45) is 9.19. The largest absolute Gasteiger partial charge is 0.311 e. The Morgan fingerprint density at radius 3 is 1.06 bits per heavy atom. The van der Waals surface area contributed by atoms with Gasteiger partial charge in [-0.1, -0.05) is 174 Å².